The van der Waals surface area contributed by atoms with E-state index < -0.39 is 5.95 Å². The van der Waals surface area contributed by atoms with Gasteiger partial charge in [0.1, 0.15) is 0 Å². The molecule has 0 spiro atoms. The second-order valence-electron chi connectivity index (χ2n) is 4.25. The summed E-state index contributed by atoms with van der Waals surface area (Å²) in [4.78, 5) is 17.4. The number of amides is 1. The normalized spacial score (nSPS) is 17.1. The van der Waals surface area contributed by atoms with Crippen LogP contribution in [0.15, 0.2) is 0 Å². The van der Waals surface area contributed by atoms with Gasteiger partial charge in [-0.1, -0.05) is 17.8 Å². The first-order valence-corrected chi connectivity index (χ1v) is 6.62. The Labute approximate surface area is 104 Å². The fraction of sp³-hybridized carbons (Fsp3) is 0.636. The first kappa shape index (κ1) is 12.4. The van der Waals surface area contributed by atoms with Crippen LogP contribution in [0.1, 0.15) is 31.1 Å². The number of thiazole rings is 1. The third kappa shape index (κ3) is 3.47. The summed E-state index contributed by atoms with van der Waals surface area (Å²) in [7, 11) is 0. The van der Waals surface area contributed by atoms with Gasteiger partial charge in [0.2, 0.25) is 11.9 Å². The quantitative estimate of drug-likeness (QED) is 0.903. The van der Waals surface area contributed by atoms with Crippen LogP contribution in [-0.2, 0) is 11.3 Å². The molecule has 0 aliphatic carbocycles. The molecule has 1 fully saturated rings. The van der Waals surface area contributed by atoms with Gasteiger partial charge < -0.3 is 5.32 Å². The van der Waals surface area contributed by atoms with Crippen molar-refractivity contribution in [1.82, 2.24) is 9.88 Å². The molecule has 0 saturated carbocycles. The molecular weight excluding hydrogens is 241 g/mol. The van der Waals surface area contributed by atoms with E-state index in [4.69, 9.17) is 0 Å². The molecule has 1 aromatic heterocycles. The van der Waals surface area contributed by atoms with Crippen LogP contribution in [-0.4, -0.2) is 28.9 Å². The molecule has 1 aliphatic heterocycles. The third-order valence-corrected chi connectivity index (χ3v) is 3.68. The summed E-state index contributed by atoms with van der Waals surface area (Å²) in [6.45, 7) is 4.03. The predicted molar refractivity (Wildman–Crippen MR) is 65.5 cm³/mol. The minimum Gasteiger partial charge on any atom is -0.302 e. The number of aromatic nitrogens is 1. The van der Waals surface area contributed by atoms with E-state index in [0.29, 0.717) is 16.6 Å². The Kier molecular flexibility index (Phi) is 4.06. The summed E-state index contributed by atoms with van der Waals surface area (Å²) >= 11 is 1.22. The molecule has 94 valence electrons. The molecule has 1 aromatic rings. The van der Waals surface area contributed by atoms with Crippen LogP contribution in [0, 0.1) is 5.95 Å². The van der Waals surface area contributed by atoms with Gasteiger partial charge in [-0.2, -0.15) is 9.37 Å². The highest BCUT2D eigenvalue weighted by Gasteiger charge is 2.16. The van der Waals surface area contributed by atoms with Crippen LogP contribution in [0.4, 0.5) is 9.52 Å². The maximum atomic E-state index is 13.5. The van der Waals surface area contributed by atoms with Crippen molar-refractivity contribution in [2.24, 2.45) is 0 Å². The highest BCUT2D eigenvalue weighted by molar-refractivity contribution is 7.15. The fourth-order valence-electron chi connectivity index (χ4n) is 1.96. The van der Waals surface area contributed by atoms with E-state index in [1.807, 2.05) is 0 Å². The summed E-state index contributed by atoms with van der Waals surface area (Å²) in [5, 5.41) is 2.86. The van der Waals surface area contributed by atoms with Gasteiger partial charge in [-0.25, -0.2) is 0 Å². The topological polar surface area (TPSA) is 45.2 Å². The van der Waals surface area contributed by atoms with Crippen LogP contribution in [0.2, 0.25) is 0 Å². The molecule has 17 heavy (non-hydrogen) atoms. The Morgan fingerprint density at radius 2 is 2.18 bits per heavy atom. The van der Waals surface area contributed by atoms with Crippen molar-refractivity contribution in [3.8, 4) is 0 Å². The monoisotopic (exact) mass is 257 g/mol. The molecule has 1 aliphatic rings. The highest BCUT2D eigenvalue weighted by atomic mass is 32.1. The van der Waals surface area contributed by atoms with E-state index in [9.17, 15) is 9.18 Å². The number of rotatable bonds is 3. The van der Waals surface area contributed by atoms with Crippen molar-refractivity contribution in [3.63, 3.8) is 0 Å². The molecular formula is C11H16FN3OS. The lowest BCUT2D eigenvalue weighted by Crippen LogP contribution is -2.29. The van der Waals surface area contributed by atoms with E-state index in [1.165, 1.54) is 37.5 Å². The zero-order valence-electron chi connectivity index (χ0n) is 9.83. The van der Waals surface area contributed by atoms with Gasteiger partial charge in [-0.3, -0.25) is 9.69 Å². The van der Waals surface area contributed by atoms with Gasteiger partial charge in [0.25, 0.3) is 0 Å². The average molecular weight is 257 g/mol. The number of carbonyl (C=O) groups is 1. The molecule has 1 saturated heterocycles. The summed E-state index contributed by atoms with van der Waals surface area (Å²) in [6.07, 6.45) is 3.62. The molecule has 6 heteroatoms. The zero-order valence-corrected chi connectivity index (χ0v) is 10.6. The number of nitrogens with zero attached hydrogens (tertiary/aromatic N) is 2. The lowest BCUT2D eigenvalue weighted by molar-refractivity contribution is -0.114. The zero-order chi connectivity index (χ0) is 12.3. The standard InChI is InChI=1S/C11H16FN3OS/c1-8(16)13-11-14-10(12)9(17-11)7-15-5-3-2-4-6-15/h2-7H2,1H3,(H,13,14,16). The minimum absolute atomic E-state index is 0.219. The largest absolute Gasteiger partial charge is 0.302 e. The fourth-order valence-corrected chi connectivity index (χ4v) is 2.89. The maximum Gasteiger partial charge on any atom is 0.230 e. The Morgan fingerprint density at radius 3 is 2.82 bits per heavy atom. The second-order valence-corrected chi connectivity index (χ2v) is 5.33. The lowest BCUT2D eigenvalue weighted by atomic mass is 10.1. The third-order valence-electron chi connectivity index (χ3n) is 2.75. The smallest absolute Gasteiger partial charge is 0.230 e. The van der Waals surface area contributed by atoms with E-state index >= 15 is 0 Å². The van der Waals surface area contributed by atoms with Gasteiger partial charge in [-0.15, -0.1) is 0 Å². The Morgan fingerprint density at radius 1 is 1.47 bits per heavy atom. The molecule has 0 radical (unpaired) electrons. The number of hydrogen-bond acceptors (Lipinski definition) is 4. The van der Waals surface area contributed by atoms with Gasteiger partial charge in [-0.05, 0) is 25.9 Å². The maximum absolute atomic E-state index is 13.5. The number of carbonyl (C=O) groups excluding carboxylic acids is 1. The summed E-state index contributed by atoms with van der Waals surface area (Å²) in [6, 6.07) is 0. The Balaban J connectivity index is 1.99. The van der Waals surface area contributed by atoms with Crippen molar-refractivity contribution >= 4 is 22.4 Å². The van der Waals surface area contributed by atoms with Gasteiger partial charge >= 0.3 is 0 Å². The molecule has 0 atom stereocenters. The second kappa shape index (κ2) is 5.55. The van der Waals surface area contributed by atoms with Crippen molar-refractivity contribution < 1.29 is 9.18 Å². The SMILES string of the molecule is CC(=O)Nc1nc(F)c(CN2CCCCC2)s1. The van der Waals surface area contributed by atoms with Crippen LogP contribution < -0.4 is 5.32 Å². The van der Waals surface area contributed by atoms with Crippen LogP contribution in [0.5, 0.6) is 0 Å². The average Bonchev–Trinajstić information content (AvgIpc) is 2.59. The summed E-state index contributed by atoms with van der Waals surface area (Å²) < 4.78 is 13.5. The molecule has 4 nitrogen and oxygen atoms in total. The molecule has 2 heterocycles. The molecule has 1 N–H and O–H groups in total. The number of halogens is 1. The van der Waals surface area contributed by atoms with Crippen molar-refractivity contribution in [2.45, 2.75) is 32.7 Å². The molecule has 0 bridgehead atoms. The molecule has 2 rings (SSSR count). The molecule has 0 unspecified atom stereocenters. The van der Waals surface area contributed by atoms with Gasteiger partial charge in [0.05, 0.1) is 4.88 Å². The lowest BCUT2D eigenvalue weighted by Gasteiger charge is -2.25. The van der Waals surface area contributed by atoms with Gasteiger partial charge in [0, 0.05) is 13.5 Å². The van der Waals surface area contributed by atoms with Crippen molar-refractivity contribution in [2.75, 3.05) is 18.4 Å². The summed E-state index contributed by atoms with van der Waals surface area (Å²) in [5.41, 5.74) is 0. The number of anilines is 1. The Hall–Kier alpha value is -1.01. The van der Waals surface area contributed by atoms with E-state index in [-0.39, 0.29) is 5.91 Å². The van der Waals surface area contributed by atoms with Crippen molar-refractivity contribution in [1.29, 1.82) is 0 Å². The minimum atomic E-state index is -0.454. The van der Waals surface area contributed by atoms with Crippen LogP contribution in [0.25, 0.3) is 0 Å². The molecule has 0 aromatic carbocycles. The Bertz CT molecular complexity index is 401. The highest BCUT2D eigenvalue weighted by Crippen LogP contribution is 2.24. The van der Waals surface area contributed by atoms with Crippen LogP contribution in [0.3, 0.4) is 0 Å². The molecule has 1 amide bonds. The number of piperidine rings is 1. The summed E-state index contributed by atoms with van der Waals surface area (Å²) in [5.74, 6) is -0.674. The van der Waals surface area contributed by atoms with E-state index in [0.717, 1.165) is 13.1 Å². The number of nitrogens with one attached hydrogen (secondary N) is 1. The first-order chi connectivity index (χ1) is 8.15. The number of hydrogen-bond donors (Lipinski definition) is 1. The van der Waals surface area contributed by atoms with Crippen molar-refractivity contribution in [3.05, 3.63) is 10.8 Å². The first-order valence-electron chi connectivity index (χ1n) is 5.80. The number of likely N-dealkylation sites (tertiary alicyclic amines) is 1. The van der Waals surface area contributed by atoms with E-state index in [2.05, 4.69) is 15.2 Å². The van der Waals surface area contributed by atoms with E-state index in [1.54, 1.807) is 0 Å². The predicted octanol–water partition coefficient (Wildman–Crippen LogP) is 2.23. The van der Waals surface area contributed by atoms with Crippen LogP contribution >= 0.6 is 11.3 Å². The van der Waals surface area contributed by atoms with Gasteiger partial charge in [0.15, 0.2) is 5.13 Å².